The number of anilines is 1. The first-order valence-corrected chi connectivity index (χ1v) is 10.6. The van der Waals surface area contributed by atoms with Crippen LogP contribution >= 0.6 is 23.5 Å². The highest BCUT2D eigenvalue weighted by atomic mass is 32.2. The van der Waals surface area contributed by atoms with Crippen LogP contribution in [0.15, 0.2) is 53.4 Å². The van der Waals surface area contributed by atoms with Crippen LogP contribution in [0.1, 0.15) is 11.1 Å². The summed E-state index contributed by atoms with van der Waals surface area (Å²) in [6, 6.07) is 16.0. The van der Waals surface area contributed by atoms with Crippen molar-refractivity contribution in [2.45, 2.75) is 18.7 Å². The number of benzene rings is 2. The molecule has 0 aromatic heterocycles. The first-order valence-electron chi connectivity index (χ1n) is 8.44. The van der Waals surface area contributed by atoms with E-state index in [-0.39, 0.29) is 23.3 Å². The van der Waals surface area contributed by atoms with Gasteiger partial charge in [0, 0.05) is 22.9 Å². The summed E-state index contributed by atoms with van der Waals surface area (Å²) in [5, 5.41) is 5.77. The highest BCUT2D eigenvalue weighted by Gasteiger charge is 2.07. The lowest BCUT2D eigenvalue weighted by atomic mass is 10.1. The van der Waals surface area contributed by atoms with Crippen molar-refractivity contribution < 1.29 is 9.59 Å². The van der Waals surface area contributed by atoms with E-state index in [1.54, 1.807) is 11.8 Å². The molecule has 0 heterocycles. The molecule has 0 saturated carbocycles. The maximum Gasteiger partial charge on any atom is 0.234 e. The standard InChI is InChI=1S/C20H24N2O2S2/c1-15-8-9-18(16(2)12-15)22-20(24)14-25-13-19(23)21-10-11-26-17-6-4-3-5-7-17/h3-9,12H,10-11,13-14H2,1-2H3,(H,21,23)(H,22,24). The van der Waals surface area contributed by atoms with Gasteiger partial charge in [0.15, 0.2) is 0 Å². The van der Waals surface area contributed by atoms with Crippen LogP contribution in [0.3, 0.4) is 0 Å². The zero-order chi connectivity index (χ0) is 18.8. The Morgan fingerprint density at radius 2 is 1.69 bits per heavy atom. The quantitative estimate of drug-likeness (QED) is 0.505. The van der Waals surface area contributed by atoms with E-state index in [0.29, 0.717) is 6.54 Å². The smallest absolute Gasteiger partial charge is 0.234 e. The van der Waals surface area contributed by atoms with Crippen LogP contribution < -0.4 is 10.6 Å². The first-order chi connectivity index (χ1) is 12.5. The molecule has 2 rings (SSSR count). The summed E-state index contributed by atoms with van der Waals surface area (Å²) in [7, 11) is 0. The lowest BCUT2D eigenvalue weighted by Crippen LogP contribution is -2.28. The van der Waals surface area contributed by atoms with Gasteiger partial charge in [-0.25, -0.2) is 0 Å². The predicted molar refractivity (Wildman–Crippen MR) is 112 cm³/mol. The molecule has 0 aliphatic heterocycles. The second kappa shape index (κ2) is 10.9. The van der Waals surface area contributed by atoms with Crippen LogP contribution in [0.5, 0.6) is 0 Å². The number of hydrogen-bond acceptors (Lipinski definition) is 4. The van der Waals surface area contributed by atoms with E-state index in [1.165, 1.54) is 16.7 Å². The number of amides is 2. The van der Waals surface area contributed by atoms with Crippen LogP contribution in [0, 0.1) is 13.8 Å². The van der Waals surface area contributed by atoms with Gasteiger partial charge in [-0.15, -0.1) is 23.5 Å². The van der Waals surface area contributed by atoms with Crippen molar-refractivity contribution in [1.29, 1.82) is 0 Å². The van der Waals surface area contributed by atoms with E-state index in [4.69, 9.17) is 0 Å². The van der Waals surface area contributed by atoms with Crippen molar-refractivity contribution in [2.75, 3.05) is 29.1 Å². The molecule has 0 bridgehead atoms. The van der Waals surface area contributed by atoms with Gasteiger partial charge in [-0.3, -0.25) is 9.59 Å². The van der Waals surface area contributed by atoms with Crippen molar-refractivity contribution in [3.63, 3.8) is 0 Å². The minimum Gasteiger partial charge on any atom is -0.355 e. The average Bonchev–Trinajstić information content (AvgIpc) is 2.62. The van der Waals surface area contributed by atoms with Gasteiger partial charge < -0.3 is 10.6 Å². The molecule has 0 saturated heterocycles. The van der Waals surface area contributed by atoms with Crippen LogP contribution in [-0.2, 0) is 9.59 Å². The predicted octanol–water partition coefficient (Wildman–Crippen LogP) is 3.88. The molecule has 2 aromatic rings. The molecule has 0 spiro atoms. The van der Waals surface area contributed by atoms with Crippen molar-refractivity contribution in [2.24, 2.45) is 0 Å². The van der Waals surface area contributed by atoms with Gasteiger partial charge in [-0.05, 0) is 37.6 Å². The molecule has 4 nitrogen and oxygen atoms in total. The zero-order valence-electron chi connectivity index (χ0n) is 15.1. The topological polar surface area (TPSA) is 58.2 Å². The normalized spacial score (nSPS) is 10.4. The fraction of sp³-hybridized carbons (Fsp3) is 0.300. The summed E-state index contributed by atoms with van der Waals surface area (Å²) < 4.78 is 0. The summed E-state index contributed by atoms with van der Waals surface area (Å²) in [5.41, 5.74) is 3.03. The number of hydrogen-bond donors (Lipinski definition) is 2. The Bertz CT molecular complexity index is 736. The Morgan fingerprint density at radius 3 is 2.42 bits per heavy atom. The average molecular weight is 389 g/mol. The molecule has 2 amide bonds. The Hall–Kier alpha value is -1.92. The largest absolute Gasteiger partial charge is 0.355 e. The molecular formula is C20H24N2O2S2. The van der Waals surface area contributed by atoms with Gasteiger partial charge >= 0.3 is 0 Å². The first kappa shape index (κ1) is 20.4. The van der Waals surface area contributed by atoms with Gasteiger partial charge in [0.2, 0.25) is 11.8 Å². The van der Waals surface area contributed by atoms with E-state index in [0.717, 1.165) is 22.6 Å². The number of carbonyl (C=O) groups is 2. The van der Waals surface area contributed by atoms with Crippen LogP contribution in [0.2, 0.25) is 0 Å². The van der Waals surface area contributed by atoms with Crippen molar-refractivity contribution in [3.05, 3.63) is 59.7 Å². The van der Waals surface area contributed by atoms with Crippen LogP contribution in [-0.4, -0.2) is 35.6 Å². The summed E-state index contributed by atoms with van der Waals surface area (Å²) in [6.45, 7) is 4.61. The van der Waals surface area contributed by atoms with Gasteiger partial charge in [-0.1, -0.05) is 35.9 Å². The van der Waals surface area contributed by atoms with E-state index >= 15 is 0 Å². The van der Waals surface area contributed by atoms with Crippen LogP contribution in [0.4, 0.5) is 5.69 Å². The Morgan fingerprint density at radius 1 is 0.962 bits per heavy atom. The minimum absolute atomic E-state index is 0.0389. The fourth-order valence-corrected chi connectivity index (χ4v) is 3.74. The van der Waals surface area contributed by atoms with E-state index in [2.05, 4.69) is 22.8 Å². The van der Waals surface area contributed by atoms with E-state index in [9.17, 15) is 9.59 Å². The lowest BCUT2D eigenvalue weighted by Gasteiger charge is -2.09. The molecule has 2 aromatic carbocycles. The molecule has 0 unspecified atom stereocenters. The number of rotatable bonds is 9. The van der Waals surface area contributed by atoms with Crippen molar-refractivity contribution >= 4 is 41.0 Å². The molecular weight excluding hydrogens is 364 g/mol. The summed E-state index contributed by atoms with van der Waals surface area (Å²) in [6.07, 6.45) is 0. The minimum atomic E-state index is -0.0885. The molecule has 138 valence electrons. The molecule has 2 N–H and O–H groups in total. The lowest BCUT2D eigenvalue weighted by molar-refractivity contribution is -0.118. The summed E-state index contributed by atoms with van der Waals surface area (Å²) in [4.78, 5) is 25.0. The number of nitrogens with one attached hydrogen (secondary N) is 2. The van der Waals surface area contributed by atoms with Gasteiger partial charge in [0.05, 0.1) is 11.5 Å². The third kappa shape index (κ3) is 7.54. The van der Waals surface area contributed by atoms with Crippen molar-refractivity contribution in [3.8, 4) is 0 Å². The molecule has 0 aliphatic carbocycles. The van der Waals surface area contributed by atoms with E-state index < -0.39 is 0 Å². The third-order valence-corrected chi connectivity index (χ3v) is 5.50. The highest BCUT2D eigenvalue weighted by molar-refractivity contribution is 8.00. The molecule has 0 atom stereocenters. The van der Waals surface area contributed by atoms with Gasteiger partial charge in [-0.2, -0.15) is 0 Å². The Balaban J connectivity index is 1.58. The maximum atomic E-state index is 12.0. The number of thioether (sulfide) groups is 2. The van der Waals surface area contributed by atoms with Crippen LogP contribution in [0.25, 0.3) is 0 Å². The van der Waals surface area contributed by atoms with Gasteiger partial charge in [0.25, 0.3) is 0 Å². The third-order valence-electron chi connectivity index (χ3n) is 3.56. The molecule has 26 heavy (non-hydrogen) atoms. The monoisotopic (exact) mass is 388 g/mol. The molecule has 6 heteroatoms. The summed E-state index contributed by atoms with van der Waals surface area (Å²) in [5.74, 6) is 1.25. The molecule has 0 aliphatic rings. The van der Waals surface area contributed by atoms with Gasteiger partial charge in [0.1, 0.15) is 0 Å². The molecule has 0 radical (unpaired) electrons. The highest BCUT2D eigenvalue weighted by Crippen LogP contribution is 2.17. The second-order valence-electron chi connectivity index (χ2n) is 5.87. The maximum absolute atomic E-state index is 12.0. The second-order valence-corrected chi connectivity index (χ2v) is 8.02. The SMILES string of the molecule is Cc1ccc(NC(=O)CSCC(=O)NCCSc2ccccc2)c(C)c1. The number of carbonyl (C=O) groups excluding carboxylic acids is 2. The zero-order valence-corrected chi connectivity index (χ0v) is 16.7. The Labute approximate surface area is 163 Å². The van der Waals surface area contributed by atoms with Crippen molar-refractivity contribution in [1.82, 2.24) is 5.32 Å². The summed E-state index contributed by atoms with van der Waals surface area (Å²) >= 11 is 3.03. The Kier molecular flexibility index (Phi) is 8.58. The molecule has 0 fully saturated rings. The van der Waals surface area contributed by atoms with E-state index in [1.807, 2.05) is 50.2 Å². The number of aryl methyl sites for hydroxylation is 2. The fourth-order valence-electron chi connectivity index (χ4n) is 2.30.